The van der Waals surface area contributed by atoms with E-state index in [1.54, 1.807) is 56.3 Å². The van der Waals surface area contributed by atoms with Crippen molar-refractivity contribution < 1.29 is 33.1 Å². The first-order valence-corrected chi connectivity index (χ1v) is 12.6. The van der Waals surface area contributed by atoms with E-state index in [0.717, 1.165) is 0 Å². The molecule has 10 heteroatoms. The van der Waals surface area contributed by atoms with Gasteiger partial charge >= 0.3 is 0 Å². The minimum Gasteiger partial charge on any atom is -0.496 e. The van der Waals surface area contributed by atoms with E-state index >= 15 is 0 Å². The fourth-order valence-corrected chi connectivity index (χ4v) is 4.72. The summed E-state index contributed by atoms with van der Waals surface area (Å²) in [5, 5.41) is 15.2. The summed E-state index contributed by atoms with van der Waals surface area (Å²) in [5.41, 5.74) is 5.65. The standard InChI is InChI=1S/C30H28FN3O6/c1-29(28(32)36)16-39-27-21(29)15-25(34-26(27)17-4-7-19(31)8-5-17)30(2,37)12-10-22(35)18-6-9-20(24(14-18)38-3)23-11-13-33-40-23/h4-9,11,13-15,37H,10,12,16H2,1-3H3,(H2,32,36)/t29-,30-/m0/s1. The molecule has 2 aromatic carbocycles. The number of nitrogens with two attached hydrogens (primary N) is 1. The van der Waals surface area contributed by atoms with Gasteiger partial charge in [-0.25, -0.2) is 9.37 Å². The number of carbonyl (C=O) groups excluding carboxylic acids is 2. The zero-order valence-corrected chi connectivity index (χ0v) is 22.2. The predicted octanol–water partition coefficient (Wildman–Crippen LogP) is 4.56. The Morgan fingerprint density at radius 3 is 2.58 bits per heavy atom. The second-order valence-electron chi connectivity index (χ2n) is 10.2. The normalized spacial score (nSPS) is 17.5. The van der Waals surface area contributed by atoms with Gasteiger partial charge in [-0.05, 0) is 62.7 Å². The van der Waals surface area contributed by atoms with Gasteiger partial charge in [0.05, 0.1) is 24.6 Å². The smallest absolute Gasteiger partial charge is 0.231 e. The van der Waals surface area contributed by atoms with Crippen LogP contribution >= 0.6 is 0 Å². The quantitative estimate of drug-likeness (QED) is 0.292. The minimum atomic E-state index is -1.56. The van der Waals surface area contributed by atoms with Crippen LogP contribution in [0.25, 0.3) is 22.6 Å². The van der Waals surface area contributed by atoms with Gasteiger partial charge in [-0.15, -0.1) is 0 Å². The average molecular weight is 546 g/mol. The number of primary amides is 1. The third-order valence-corrected chi connectivity index (χ3v) is 7.35. The van der Waals surface area contributed by atoms with Crippen molar-refractivity contribution in [3.05, 3.63) is 83.4 Å². The Hall–Kier alpha value is -4.57. The minimum absolute atomic E-state index is 0.00349. The maximum atomic E-state index is 13.6. The number of fused-ring (bicyclic) bond motifs is 1. The first-order chi connectivity index (χ1) is 19.0. The molecule has 5 rings (SSSR count). The van der Waals surface area contributed by atoms with Crippen LogP contribution in [0.5, 0.6) is 11.5 Å². The lowest BCUT2D eigenvalue weighted by Gasteiger charge is -2.26. The highest BCUT2D eigenvalue weighted by Gasteiger charge is 2.45. The summed E-state index contributed by atoms with van der Waals surface area (Å²) >= 11 is 0. The lowest BCUT2D eigenvalue weighted by atomic mass is 9.81. The van der Waals surface area contributed by atoms with Gasteiger partial charge in [-0.1, -0.05) is 11.2 Å². The molecule has 0 fully saturated rings. The van der Waals surface area contributed by atoms with E-state index in [0.29, 0.717) is 45.2 Å². The summed E-state index contributed by atoms with van der Waals surface area (Å²) in [6.45, 7) is 3.21. The van der Waals surface area contributed by atoms with Crippen LogP contribution in [0.3, 0.4) is 0 Å². The molecule has 0 unspecified atom stereocenters. The van der Waals surface area contributed by atoms with Crippen molar-refractivity contribution in [2.75, 3.05) is 13.7 Å². The fraction of sp³-hybridized carbons (Fsp3) is 0.267. The molecule has 3 N–H and O–H groups in total. The Kier molecular flexibility index (Phi) is 6.89. The number of amides is 1. The Bertz CT molecular complexity index is 1580. The first kappa shape index (κ1) is 27.0. The van der Waals surface area contributed by atoms with Gasteiger partial charge in [0.1, 0.15) is 40.6 Å². The second-order valence-corrected chi connectivity index (χ2v) is 10.2. The molecule has 206 valence electrons. The summed E-state index contributed by atoms with van der Waals surface area (Å²) in [6.07, 6.45) is 1.54. The number of nitrogens with zero attached hydrogens (tertiary/aromatic N) is 2. The Balaban J connectivity index is 1.45. The summed E-state index contributed by atoms with van der Waals surface area (Å²) in [7, 11) is 1.50. The van der Waals surface area contributed by atoms with Gasteiger partial charge in [-0.2, -0.15) is 0 Å². The maximum Gasteiger partial charge on any atom is 0.231 e. The van der Waals surface area contributed by atoms with Gasteiger partial charge in [0.25, 0.3) is 0 Å². The van der Waals surface area contributed by atoms with Crippen molar-refractivity contribution in [2.24, 2.45) is 5.73 Å². The van der Waals surface area contributed by atoms with Crippen LogP contribution in [0.2, 0.25) is 0 Å². The molecule has 0 bridgehead atoms. The molecular weight excluding hydrogens is 517 g/mol. The monoisotopic (exact) mass is 545 g/mol. The Labute approximate surface area is 229 Å². The first-order valence-electron chi connectivity index (χ1n) is 12.6. The van der Waals surface area contributed by atoms with Gasteiger partial charge in [0.2, 0.25) is 5.91 Å². The number of hydrogen-bond acceptors (Lipinski definition) is 8. The lowest BCUT2D eigenvalue weighted by molar-refractivity contribution is -0.123. The van der Waals surface area contributed by atoms with Crippen LogP contribution in [0.4, 0.5) is 4.39 Å². The molecular formula is C30H28FN3O6. The van der Waals surface area contributed by atoms with E-state index in [4.69, 9.17) is 19.7 Å². The van der Waals surface area contributed by atoms with Crippen molar-refractivity contribution >= 4 is 11.7 Å². The van der Waals surface area contributed by atoms with Crippen LogP contribution in [-0.4, -0.2) is 40.7 Å². The molecule has 9 nitrogen and oxygen atoms in total. The number of halogens is 1. The van der Waals surface area contributed by atoms with Crippen molar-refractivity contribution in [2.45, 2.75) is 37.7 Å². The van der Waals surface area contributed by atoms with Crippen LogP contribution in [0.1, 0.15) is 48.3 Å². The molecule has 0 saturated heterocycles. The number of Topliss-reactive ketones (excluding diaryl/α,β-unsaturated/α-hetero) is 1. The van der Waals surface area contributed by atoms with E-state index in [9.17, 15) is 19.1 Å². The van der Waals surface area contributed by atoms with E-state index < -0.39 is 22.7 Å². The highest BCUT2D eigenvalue weighted by molar-refractivity contribution is 5.97. The lowest BCUT2D eigenvalue weighted by Crippen LogP contribution is -2.40. The Morgan fingerprint density at radius 2 is 1.93 bits per heavy atom. The van der Waals surface area contributed by atoms with Crippen molar-refractivity contribution in [3.63, 3.8) is 0 Å². The number of ketones is 1. The third-order valence-electron chi connectivity index (χ3n) is 7.35. The molecule has 1 amide bonds. The Morgan fingerprint density at radius 1 is 1.18 bits per heavy atom. The topological polar surface area (TPSA) is 138 Å². The molecule has 0 spiro atoms. The van der Waals surface area contributed by atoms with Crippen molar-refractivity contribution in [1.29, 1.82) is 0 Å². The largest absolute Gasteiger partial charge is 0.496 e. The van der Waals surface area contributed by atoms with Gasteiger partial charge in [0, 0.05) is 29.2 Å². The summed E-state index contributed by atoms with van der Waals surface area (Å²) in [4.78, 5) is 30.2. The molecule has 1 aliphatic rings. The number of carbonyl (C=O) groups is 2. The SMILES string of the molecule is COc1cc(C(=O)CC[C@](C)(O)c2cc3c(c(-c4ccc(F)cc4)n2)OC[C@]3(C)C(N)=O)ccc1-c1ccno1. The second kappa shape index (κ2) is 10.2. The molecule has 4 aromatic rings. The summed E-state index contributed by atoms with van der Waals surface area (Å²) in [5.74, 6) is 0.0755. The molecule has 0 aliphatic carbocycles. The van der Waals surface area contributed by atoms with E-state index in [-0.39, 0.29) is 30.9 Å². The number of benzene rings is 2. The van der Waals surface area contributed by atoms with Crippen LogP contribution in [0.15, 0.2) is 65.3 Å². The zero-order valence-electron chi connectivity index (χ0n) is 22.2. The predicted molar refractivity (Wildman–Crippen MR) is 143 cm³/mol. The van der Waals surface area contributed by atoms with Gasteiger partial charge < -0.3 is 24.8 Å². The third kappa shape index (κ3) is 4.82. The maximum absolute atomic E-state index is 13.6. The highest BCUT2D eigenvalue weighted by atomic mass is 19.1. The molecule has 1 aliphatic heterocycles. The number of pyridine rings is 1. The van der Waals surface area contributed by atoms with E-state index in [1.807, 2.05) is 0 Å². The van der Waals surface area contributed by atoms with Crippen molar-refractivity contribution in [1.82, 2.24) is 10.1 Å². The van der Waals surface area contributed by atoms with E-state index in [1.165, 1.54) is 25.4 Å². The highest BCUT2D eigenvalue weighted by Crippen LogP contribution is 2.46. The fourth-order valence-electron chi connectivity index (χ4n) is 4.72. The van der Waals surface area contributed by atoms with E-state index in [2.05, 4.69) is 10.1 Å². The molecule has 3 heterocycles. The molecule has 40 heavy (non-hydrogen) atoms. The van der Waals surface area contributed by atoms with Gasteiger partial charge in [-0.3, -0.25) is 9.59 Å². The molecule has 2 aromatic heterocycles. The number of rotatable bonds is 9. The number of aliphatic hydroxyl groups is 1. The summed E-state index contributed by atoms with van der Waals surface area (Å²) < 4.78 is 30.1. The molecule has 2 atom stereocenters. The van der Waals surface area contributed by atoms with Crippen LogP contribution in [-0.2, 0) is 15.8 Å². The molecule has 0 saturated carbocycles. The zero-order chi connectivity index (χ0) is 28.7. The average Bonchev–Trinajstić information content (AvgIpc) is 3.60. The van der Waals surface area contributed by atoms with Crippen LogP contribution < -0.4 is 15.2 Å². The molecule has 0 radical (unpaired) electrons. The summed E-state index contributed by atoms with van der Waals surface area (Å²) in [6, 6.07) is 13.9. The van der Waals surface area contributed by atoms with Crippen molar-refractivity contribution in [3.8, 4) is 34.1 Å². The number of methoxy groups -OCH3 is 1. The number of aromatic nitrogens is 2. The number of hydrogen-bond donors (Lipinski definition) is 2. The van der Waals surface area contributed by atoms with Gasteiger partial charge in [0.15, 0.2) is 11.5 Å². The number of ether oxygens (including phenoxy) is 2. The van der Waals surface area contributed by atoms with Crippen LogP contribution in [0, 0.1) is 5.82 Å².